The lowest BCUT2D eigenvalue weighted by molar-refractivity contribution is 0.606. The number of benzene rings is 2. The van der Waals surface area contributed by atoms with Crippen LogP contribution in [-0.2, 0) is 23.1 Å². The van der Waals surface area contributed by atoms with Gasteiger partial charge in [0.15, 0.2) is 5.96 Å². The van der Waals surface area contributed by atoms with Crippen molar-refractivity contribution in [1.82, 2.24) is 10.6 Å². The Morgan fingerprint density at radius 3 is 2.31 bits per heavy atom. The largest absolute Gasteiger partial charge is 0.352 e. The number of nitrogens with one attached hydrogen (secondary N) is 3. The lowest BCUT2D eigenvalue weighted by Gasteiger charge is -2.15. The summed E-state index contributed by atoms with van der Waals surface area (Å²) < 4.78 is 25.4. The molecule has 0 saturated carbocycles. The van der Waals surface area contributed by atoms with Crippen molar-refractivity contribution >= 4 is 44.9 Å². The summed E-state index contributed by atoms with van der Waals surface area (Å²) in [4.78, 5) is 4.16. The van der Waals surface area contributed by atoms with Gasteiger partial charge < -0.3 is 10.6 Å². The Balaban J connectivity index is 1.99. The Hall–Kier alpha value is -1.96. The molecular formula is C17H20Cl2N4O2S. The fourth-order valence-electron chi connectivity index (χ4n) is 2.22. The van der Waals surface area contributed by atoms with Gasteiger partial charge in [-0.15, -0.1) is 0 Å². The number of guanidine groups is 1. The van der Waals surface area contributed by atoms with Crippen LogP contribution in [0.2, 0.25) is 10.0 Å². The van der Waals surface area contributed by atoms with Gasteiger partial charge in [-0.3, -0.25) is 9.71 Å². The van der Waals surface area contributed by atoms with Crippen molar-refractivity contribution in [3.05, 3.63) is 63.6 Å². The van der Waals surface area contributed by atoms with E-state index in [0.717, 1.165) is 17.4 Å². The average molecular weight is 415 g/mol. The van der Waals surface area contributed by atoms with Gasteiger partial charge in [0.05, 0.1) is 11.9 Å². The maximum Gasteiger partial charge on any atom is 0.229 e. The molecule has 0 heterocycles. The van der Waals surface area contributed by atoms with Gasteiger partial charge in [0.2, 0.25) is 10.0 Å². The summed E-state index contributed by atoms with van der Waals surface area (Å²) in [6.45, 7) is 0.867. The Kier molecular flexibility index (Phi) is 7.14. The predicted octanol–water partition coefficient (Wildman–Crippen LogP) is 3.23. The minimum absolute atomic E-state index is 0.396. The van der Waals surface area contributed by atoms with Crippen LogP contribution in [0.15, 0.2) is 47.5 Å². The van der Waals surface area contributed by atoms with Gasteiger partial charge in [-0.05, 0) is 29.3 Å². The van der Waals surface area contributed by atoms with Crippen LogP contribution in [0.1, 0.15) is 11.1 Å². The molecule has 6 nitrogen and oxygen atoms in total. The lowest BCUT2D eigenvalue weighted by atomic mass is 10.2. The first kappa shape index (κ1) is 20.4. The van der Waals surface area contributed by atoms with Crippen molar-refractivity contribution in [2.24, 2.45) is 4.99 Å². The zero-order valence-electron chi connectivity index (χ0n) is 14.4. The molecule has 0 radical (unpaired) electrons. The van der Waals surface area contributed by atoms with Crippen molar-refractivity contribution in [2.75, 3.05) is 18.0 Å². The highest BCUT2D eigenvalue weighted by atomic mass is 35.5. The second kappa shape index (κ2) is 9.12. The molecule has 140 valence electrons. The van der Waals surface area contributed by atoms with Gasteiger partial charge in [0.1, 0.15) is 0 Å². The molecule has 3 N–H and O–H groups in total. The fourth-order valence-corrected chi connectivity index (χ4v) is 3.29. The molecule has 0 bridgehead atoms. The third-order valence-corrected chi connectivity index (χ3v) is 4.62. The van der Waals surface area contributed by atoms with Gasteiger partial charge in [-0.2, -0.15) is 0 Å². The number of rotatable bonds is 6. The number of nitrogens with zero attached hydrogens (tertiary/aromatic N) is 1. The van der Waals surface area contributed by atoms with E-state index in [1.807, 2.05) is 18.2 Å². The number of sulfonamides is 1. The Morgan fingerprint density at radius 2 is 1.69 bits per heavy atom. The topological polar surface area (TPSA) is 82.6 Å². The third kappa shape index (κ3) is 6.40. The summed E-state index contributed by atoms with van der Waals surface area (Å²) in [6, 6.07) is 12.5. The van der Waals surface area contributed by atoms with Gasteiger partial charge in [-0.25, -0.2) is 8.42 Å². The number of hydrogen-bond acceptors (Lipinski definition) is 3. The first-order chi connectivity index (χ1) is 12.3. The highest BCUT2D eigenvalue weighted by Crippen LogP contribution is 2.20. The van der Waals surface area contributed by atoms with Crippen LogP contribution in [0.25, 0.3) is 0 Å². The fraction of sp³-hybridized carbons (Fsp3) is 0.235. The van der Waals surface area contributed by atoms with Crippen LogP contribution < -0.4 is 15.4 Å². The van der Waals surface area contributed by atoms with E-state index in [1.165, 1.54) is 0 Å². The van der Waals surface area contributed by atoms with E-state index in [2.05, 4.69) is 20.3 Å². The van der Waals surface area contributed by atoms with Crippen molar-refractivity contribution in [3.63, 3.8) is 0 Å². The number of anilines is 1. The molecular weight excluding hydrogens is 395 g/mol. The maximum absolute atomic E-state index is 11.5. The van der Waals surface area contributed by atoms with Gasteiger partial charge in [-0.1, -0.05) is 47.5 Å². The third-order valence-electron chi connectivity index (χ3n) is 3.44. The molecule has 0 unspecified atom stereocenters. The van der Waals surface area contributed by atoms with Crippen LogP contribution in [0.4, 0.5) is 5.69 Å². The zero-order chi connectivity index (χ0) is 19.2. The molecule has 0 fully saturated rings. The summed E-state index contributed by atoms with van der Waals surface area (Å²) in [5, 5.41) is 7.46. The molecule has 2 aromatic carbocycles. The maximum atomic E-state index is 11.5. The minimum atomic E-state index is -3.35. The SMILES string of the molecule is CN=C(NCc1ccc(Cl)cc1Cl)NCc1ccccc1NS(C)(=O)=O. The molecule has 0 aliphatic heterocycles. The number of hydrogen-bond donors (Lipinski definition) is 3. The zero-order valence-corrected chi connectivity index (χ0v) is 16.7. The molecule has 2 aromatic rings. The second-order valence-corrected chi connectivity index (χ2v) is 8.14. The van der Waals surface area contributed by atoms with Crippen LogP contribution in [0.5, 0.6) is 0 Å². The van der Waals surface area contributed by atoms with Crippen molar-refractivity contribution in [1.29, 1.82) is 0 Å². The molecule has 2 rings (SSSR count). The predicted molar refractivity (Wildman–Crippen MR) is 108 cm³/mol. The minimum Gasteiger partial charge on any atom is -0.352 e. The van der Waals surface area contributed by atoms with Crippen LogP contribution in [-0.4, -0.2) is 27.7 Å². The van der Waals surface area contributed by atoms with Crippen LogP contribution in [0.3, 0.4) is 0 Å². The highest BCUT2D eigenvalue weighted by Gasteiger charge is 2.08. The van der Waals surface area contributed by atoms with E-state index in [4.69, 9.17) is 23.2 Å². The average Bonchev–Trinajstić information content (AvgIpc) is 2.56. The molecule has 0 aliphatic rings. The number of para-hydroxylation sites is 1. The van der Waals surface area contributed by atoms with E-state index in [9.17, 15) is 8.42 Å². The molecule has 0 atom stereocenters. The quantitative estimate of drug-likeness (QED) is 0.500. The molecule has 9 heteroatoms. The summed E-state index contributed by atoms with van der Waals surface area (Å²) >= 11 is 12.1. The summed E-state index contributed by atoms with van der Waals surface area (Å²) in [5.74, 6) is 0.560. The number of aliphatic imine (C=N–C) groups is 1. The van der Waals surface area contributed by atoms with E-state index in [0.29, 0.717) is 34.8 Å². The van der Waals surface area contributed by atoms with Crippen LogP contribution >= 0.6 is 23.2 Å². The van der Waals surface area contributed by atoms with Gasteiger partial charge in [0, 0.05) is 30.2 Å². The first-order valence-electron chi connectivity index (χ1n) is 7.72. The molecule has 0 saturated heterocycles. The van der Waals surface area contributed by atoms with E-state index < -0.39 is 10.0 Å². The lowest BCUT2D eigenvalue weighted by Crippen LogP contribution is -2.36. The van der Waals surface area contributed by atoms with Crippen molar-refractivity contribution < 1.29 is 8.42 Å². The van der Waals surface area contributed by atoms with E-state index in [-0.39, 0.29) is 0 Å². The smallest absolute Gasteiger partial charge is 0.229 e. The molecule has 0 aliphatic carbocycles. The summed E-state index contributed by atoms with van der Waals surface area (Å²) in [7, 11) is -1.70. The highest BCUT2D eigenvalue weighted by molar-refractivity contribution is 7.92. The number of halogens is 2. The van der Waals surface area contributed by atoms with Crippen molar-refractivity contribution in [3.8, 4) is 0 Å². The Labute approximate surface area is 163 Å². The Bertz CT molecular complexity index is 901. The monoisotopic (exact) mass is 414 g/mol. The first-order valence-corrected chi connectivity index (χ1v) is 10.4. The molecule has 26 heavy (non-hydrogen) atoms. The van der Waals surface area contributed by atoms with E-state index >= 15 is 0 Å². The van der Waals surface area contributed by atoms with E-state index in [1.54, 1.807) is 31.3 Å². The molecule has 0 spiro atoms. The Morgan fingerprint density at radius 1 is 1.04 bits per heavy atom. The summed E-state index contributed by atoms with van der Waals surface area (Å²) in [5.41, 5.74) is 2.21. The molecule has 0 amide bonds. The molecule has 0 aromatic heterocycles. The normalized spacial score (nSPS) is 11.9. The van der Waals surface area contributed by atoms with Gasteiger partial charge in [0.25, 0.3) is 0 Å². The van der Waals surface area contributed by atoms with Crippen LogP contribution in [0, 0.1) is 0 Å². The standard InChI is InChI=1S/C17H20Cl2N4O2S/c1-20-17(21-10-12-7-8-14(18)9-15(12)19)22-11-13-5-3-4-6-16(13)23-26(2,24)25/h3-9,23H,10-11H2,1-2H3,(H2,20,21,22). The summed E-state index contributed by atoms with van der Waals surface area (Å²) in [6.07, 6.45) is 1.12. The van der Waals surface area contributed by atoms with Gasteiger partial charge >= 0.3 is 0 Å². The van der Waals surface area contributed by atoms with Crippen molar-refractivity contribution in [2.45, 2.75) is 13.1 Å². The second-order valence-electron chi connectivity index (χ2n) is 5.55.